The van der Waals surface area contributed by atoms with Crippen molar-refractivity contribution in [3.05, 3.63) is 77.5 Å². The number of hydrogen-bond donors (Lipinski definition) is 0. The maximum absolute atomic E-state index is 13.8. The van der Waals surface area contributed by atoms with Gasteiger partial charge in [-0.1, -0.05) is 12.1 Å². The van der Waals surface area contributed by atoms with E-state index in [0.29, 0.717) is 12.1 Å². The van der Waals surface area contributed by atoms with E-state index >= 15 is 0 Å². The molecule has 1 aromatic heterocycles. The quantitative estimate of drug-likeness (QED) is 0.563. The minimum Gasteiger partial charge on any atom is -0.256 e. The van der Waals surface area contributed by atoms with Gasteiger partial charge >= 0.3 is 0 Å². The molecule has 30 heavy (non-hydrogen) atoms. The van der Waals surface area contributed by atoms with Crippen molar-refractivity contribution in [1.82, 2.24) is 9.29 Å². The average Bonchev–Trinajstić information content (AvgIpc) is 3.44. The third kappa shape index (κ3) is 3.50. The largest absolute Gasteiger partial charge is 0.256 e. The second kappa shape index (κ2) is 7.10. The van der Waals surface area contributed by atoms with Crippen LogP contribution in [0.15, 0.2) is 54.7 Å². The molecule has 2 heterocycles. The lowest BCUT2D eigenvalue weighted by molar-refractivity contribution is 0.336. The van der Waals surface area contributed by atoms with E-state index in [1.54, 1.807) is 22.6 Å². The van der Waals surface area contributed by atoms with Crippen molar-refractivity contribution < 1.29 is 17.2 Å². The smallest absolute Gasteiger partial charge is 0.218 e. The van der Waals surface area contributed by atoms with Gasteiger partial charge < -0.3 is 0 Å². The molecule has 1 saturated heterocycles. The van der Waals surface area contributed by atoms with Gasteiger partial charge in [0.25, 0.3) is 0 Å². The standard InChI is InChI=1S/C23H22F2N2O2S/c24-18-3-1-16(2-4-18)14-30(28,29)27-15-23(27)10-7-17(8-11-23)20-9-12-26-22-6-5-19(25)13-21(20)22/h1-6,9,12-13,17H,7-8,10-11,14-15H2. The maximum atomic E-state index is 13.8. The highest BCUT2D eigenvalue weighted by molar-refractivity contribution is 7.88. The van der Waals surface area contributed by atoms with Gasteiger partial charge in [-0.25, -0.2) is 17.2 Å². The Bertz CT molecular complexity index is 1200. The lowest BCUT2D eigenvalue weighted by Crippen LogP contribution is -2.29. The minimum atomic E-state index is -3.43. The first-order valence-corrected chi connectivity index (χ1v) is 11.8. The van der Waals surface area contributed by atoms with E-state index in [0.717, 1.165) is 42.1 Å². The summed E-state index contributed by atoms with van der Waals surface area (Å²) in [6.07, 6.45) is 5.06. The highest BCUT2D eigenvalue weighted by Crippen LogP contribution is 2.51. The fourth-order valence-corrected chi connectivity index (χ4v) is 6.84. The van der Waals surface area contributed by atoms with Crippen molar-refractivity contribution in [1.29, 1.82) is 0 Å². The van der Waals surface area contributed by atoms with E-state index in [9.17, 15) is 17.2 Å². The zero-order valence-electron chi connectivity index (χ0n) is 16.4. The van der Waals surface area contributed by atoms with Crippen LogP contribution in [0.3, 0.4) is 0 Å². The van der Waals surface area contributed by atoms with Crippen LogP contribution in [-0.4, -0.2) is 29.8 Å². The zero-order valence-corrected chi connectivity index (χ0v) is 17.2. The number of halogens is 2. The lowest BCUT2D eigenvalue weighted by Gasteiger charge is -2.30. The predicted molar refractivity (Wildman–Crippen MR) is 111 cm³/mol. The third-order valence-corrected chi connectivity index (χ3v) is 8.44. The van der Waals surface area contributed by atoms with Crippen LogP contribution in [0, 0.1) is 11.6 Å². The van der Waals surface area contributed by atoms with Gasteiger partial charge in [0.15, 0.2) is 0 Å². The SMILES string of the molecule is O=S(=O)(Cc1ccc(F)cc1)N1CC12CCC(c1ccnc3ccc(F)cc13)CC2. The first-order valence-electron chi connectivity index (χ1n) is 10.2. The van der Waals surface area contributed by atoms with Crippen LogP contribution in [0.5, 0.6) is 0 Å². The number of pyridine rings is 1. The fourth-order valence-electron chi connectivity index (χ4n) is 4.86. The van der Waals surface area contributed by atoms with Gasteiger partial charge in [-0.05, 0) is 79.1 Å². The third-order valence-electron chi connectivity index (χ3n) is 6.56. The molecule has 1 aliphatic carbocycles. The number of benzene rings is 2. The molecule has 0 bridgehead atoms. The van der Waals surface area contributed by atoms with Crippen molar-refractivity contribution in [3.63, 3.8) is 0 Å². The molecule has 0 N–H and O–H groups in total. The van der Waals surface area contributed by atoms with E-state index in [2.05, 4.69) is 4.98 Å². The summed E-state index contributed by atoms with van der Waals surface area (Å²) >= 11 is 0. The van der Waals surface area contributed by atoms with Crippen molar-refractivity contribution in [2.75, 3.05) is 6.54 Å². The van der Waals surface area contributed by atoms with Crippen molar-refractivity contribution in [2.45, 2.75) is 42.9 Å². The van der Waals surface area contributed by atoms with E-state index in [1.807, 2.05) is 6.07 Å². The molecule has 0 radical (unpaired) electrons. The highest BCUT2D eigenvalue weighted by Gasteiger charge is 2.58. The van der Waals surface area contributed by atoms with E-state index in [4.69, 9.17) is 0 Å². The highest BCUT2D eigenvalue weighted by atomic mass is 32.2. The van der Waals surface area contributed by atoms with Crippen molar-refractivity contribution in [2.24, 2.45) is 0 Å². The molecule has 156 valence electrons. The second-order valence-electron chi connectivity index (χ2n) is 8.45. The summed E-state index contributed by atoms with van der Waals surface area (Å²) < 4.78 is 54.2. The summed E-state index contributed by atoms with van der Waals surface area (Å²) in [4.78, 5) is 4.33. The van der Waals surface area contributed by atoms with E-state index < -0.39 is 10.0 Å². The molecule has 1 saturated carbocycles. The van der Waals surface area contributed by atoms with Gasteiger partial charge in [-0.3, -0.25) is 4.98 Å². The summed E-state index contributed by atoms with van der Waals surface area (Å²) in [6, 6.07) is 12.2. The van der Waals surface area contributed by atoms with Crippen LogP contribution in [-0.2, 0) is 15.8 Å². The van der Waals surface area contributed by atoms with E-state index in [-0.39, 0.29) is 28.8 Å². The number of rotatable bonds is 4. The fraction of sp³-hybridized carbons (Fsp3) is 0.348. The summed E-state index contributed by atoms with van der Waals surface area (Å²) in [5, 5.41) is 0.843. The van der Waals surface area contributed by atoms with E-state index in [1.165, 1.54) is 30.3 Å². The molecule has 2 aromatic carbocycles. The number of nitrogens with zero attached hydrogens (tertiary/aromatic N) is 2. The molecule has 2 aliphatic rings. The number of hydrogen-bond acceptors (Lipinski definition) is 3. The van der Waals surface area contributed by atoms with Crippen LogP contribution in [0.1, 0.15) is 42.7 Å². The van der Waals surface area contributed by atoms with Crippen LogP contribution >= 0.6 is 0 Å². The van der Waals surface area contributed by atoms with Crippen molar-refractivity contribution in [3.8, 4) is 0 Å². The van der Waals surface area contributed by atoms with Gasteiger partial charge in [0.1, 0.15) is 11.6 Å². The lowest BCUT2D eigenvalue weighted by atomic mass is 9.77. The first kappa shape index (κ1) is 19.6. The Hall–Kier alpha value is -2.38. The number of aromatic nitrogens is 1. The molecular weight excluding hydrogens is 406 g/mol. The average molecular weight is 429 g/mol. The summed E-state index contributed by atoms with van der Waals surface area (Å²) in [7, 11) is -3.43. The molecule has 1 spiro atoms. The molecular formula is C23H22F2N2O2S. The summed E-state index contributed by atoms with van der Waals surface area (Å²) in [5.41, 5.74) is 2.18. The Kier molecular flexibility index (Phi) is 4.63. The molecule has 1 atom stereocenters. The Balaban J connectivity index is 1.30. The Morgan fingerprint density at radius 2 is 1.70 bits per heavy atom. The topological polar surface area (TPSA) is 50.0 Å². The van der Waals surface area contributed by atoms with Gasteiger partial charge in [0.05, 0.1) is 11.3 Å². The summed E-state index contributed by atoms with van der Waals surface area (Å²) in [6.45, 7) is 0.551. The Morgan fingerprint density at radius 1 is 1.00 bits per heavy atom. The molecule has 7 heteroatoms. The van der Waals surface area contributed by atoms with Crippen LogP contribution in [0.2, 0.25) is 0 Å². The number of fused-ring (bicyclic) bond motifs is 1. The normalized spacial score (nSPS) is 26.2. The molecule has 1 unspecified atom stereocenters. The molecule has 1 aliphatic heterocycles. The molecule has 5 rings (SSSR count). The molecule has 0 amide bonds. The Morgan fingerprint density at radius 3 is 2.43 bits per heavy atom. The molecule has 3 aromatic rings. The maximum Gasteiger partial charge on any atom is 0.218 e. The van der Waals surface area contributed by atoms with Crippen LogP contribution in [0.4, 0.5) is 8.78 Å². The zero-order chi connectivity index (χ0) is 20.9. The van der Waals surface area contributed by atoms with Crippen LogP contribution in [0.25, 0.3) is 10.9 Å². The van der Waals surface area contributed by atoms with Gasteiger partial charge in [0.2, 0.25) is 10.0 Å². The molecule has 2 fully saturated rings. The minimum absolute atomic E-state index is 0.104. The van der Waals surface area contributed by atoms with Gasteiger partial charge in [-0.15, -0.1) is 0 Å². The van der Waals surface area contributed by atoms with Crippen molar-refractivity contribution >= 4 is 20.9 Å². The van der Waals surface area contributed by atoms with Gasteiger partial charge in [-0.2, -0.15) is 4.31 Å². The first-order chi connectivity index (χ1) is 14.4. The Labute approximate surface area is 174 Å². The second-order valence-corrected chi connectivity index (χ2v) is 10.3. The molecule has 4 nitrogen and oxygen atoms in total. The van der Waals surface area contributed by atoms with Crippen LogP contribution < -0.4 is 0 Å². The predicted octanol–water partition coefficient (Wildman–Crippen LogP) is 4.76. The van der Waals surface area contributed by atoms with Gasteiger partial charge in [0, 0.05) is 23.7 Å². The number of sulfonamides is 1. The monoisotopic (exact) mass is 428 g/mol. The summed E-state index contributed by atoms with van der Waals surface area (Å²) in [5.74, 6) is -0.483.